The van der Waals surface area contributed by atoms with Crippen LogP contribution in [0.25, 0.3) is 0 Å². The van der Waals surface area contributed by atoms with E-state index in [-0.39, 0.29) is 6.61 Å². The van der Waals surface area contributed by atoms with E-state index in [4.69, 9.17) is 5.11 Å². The first-order valence-corrected chi connectivity index (χ1v) is 5.21. The van der Waals surface area contributed by atoms with Crippen molar-refractivity contribution in [2.75, 3.05) is 6.61 Å². The van der Waals surface area contributed by atoms with Crippen LogP contribution in [0.3, 0.4) is 0 Å². The average Bonchev–Trinajstić information content (AvgIpc) is 3.01. The molecule has 0 heterocycles. The highest BCUT2D eigenvalue weighted by Gasteiger charge is 2.41. The van der Waals surface area contributed by atoms with Crippen LogP contribution in [0.15, 0.2) is 42.5 Å². The minimum atomic E-state index is 0.251. The monoisotopic (exact) mass is 188 g/mol. The summed E-state index contributed by atoms with van der Waals surface area (Å²) in [6.45, 7) is 0.251. The molecular formula is C13H16O. The molecular weight excluding hydrogens is 172 g/mol. The molecule has 1 N–H and O–H groups in total. The zero-order chi connectivity index (χ0) is 9.86. The summed E-state index contributed by atoms with van der Waals surface area (Å²) in [7, 11) is 0. The summed E-state index contributed by atoms with van der Waals surface area (Å²) in [4.78, 5) is 0. The molecule has 0 atom stereocenters. The van der Waals surface area contributed by atoms with E-state index < -0.39 is 0 Å². The fourth-order valence-corrected chi connectivity index (χ4v) is 1.84. The van der Waals surface area contributed by atoms with Crippen LogP contribution in [0, 0.1) is 0 Å². The molecule has 1 heteroatoms. The standard InChI is InChI=1S/C13H16O/c14-11-5-4-8-13(9-10-13)12-6-2-1-3-7-12/h1-4,6-8,14H,5,9-11H2. The van der Waals surface area contributed by atoms with Crippen molar-refractivity contribution in [1.29, 1.82) is 0 Å². The topological polar surface area (TPSA) is 20.2 Å². The molecule has 1 aromatic rings. The van der Waals surface area contributed by atoms with Crippen LogP contribution in [0.5, 0.6) is 0 Å². The number of aliphatic hydroxyl groups is 1. The van der Waals surface area contributed by atoms with Crippen LogP contribution in [0.1, 0.15) is 24.8 Å². The van der Waals surface area contributed by atoms with Gasteiger partial charge >= 0.3 is 0 Å². The first-order valence-electron chi connectivity index (χ1n) is 5.21. The maximum Gasteiger partial charge on any atom is 0.0465 e. The van der Waals surface area contributed by atoms with Crippen molar-refractivity contribution in [2.45, 2.75) is 24.7 Å². The van der Waals surface area contributed by atoms with E-state index in [1.807, 2.05) is 0 Å². The zero-order valence-electron chi connectivity index (χ0n) is 8.32. The molecule has 0 saturated heterocycles. The van der Waals surface area contributed by atoms with Gasteiger partial charge in [-0.2, -0.15) is 0 Å². The van der Waals surface area contributed by atoms with Gasteiger partial charge in [-0.3, -0.25) is 0 Å². The van der Waals surface area contributed by atoms with E-state index in [0.717, 1.165) is 6.42 Å². The van der Waals surface area contributed by atoms with Crippen LogP contribution < -0.4 is 0 Å². The molecule has 0 spiro atoms. The van der Waals surface area contributed by atoms with Crippen molar-refractivity contribution < 1.29 is 5.11 Å². The highest BCUT2D eigenvalue weighted by Crippen LogP contribution is 2.49. The van der Waals surface area contributed by atoms with Crippen LogP contribution in [0.4, 0.5) is 0 Å². The van der Waals surface area contributed by atoms with Crippen molar-refractivity contribution in [1.82, 2.24) is 0 Å². The summed E-state index contributed by atoms with van der Waals surface area (Å²) in [6, 6.07) is 10.6. The summed E-state index contributed by atoms with van der Waals surface area (Å²) >= 11 is 0. The van der Waals surface area contributed by atoms with Gasteiger partial charge in [-0.25, -0.2) is 0 Å². The Bertz CT molecular complexity index is 309. The minimum absolute atomic E-state index is 0.251. The van der Waals surface area contributed by atoms with Crippen molar-refractivity contribution in [3.63, 3.8) is 0 Å². The van der Waals surface area contributed by atoms with E-state index in [2.05, 4.69) is 42.5 Å². The maximum absolute atomic E-state index is 8.70. The number of benzene rings is 1. The second-order valence-corrected chi connectivity index (χ2v) is 3.94. The summed E-state index contributed by atoms with van der Waals surface area (Å²) in [6.07, 6.45) is 7.63. The molecule has 0 aliphatic heterocycles. The zero-order valence-corrected chi connectivity index (χ0v) is 8.32. The molecule has 1 nitrogen and oxygen atoms in total. The molecule has 1 saturated carbocycles. The first kappa shape index (κ1) is 9.47. The summed E-state index contributed by atoms with van der Waals surface area (Å²) in [5.74, 6) is 0. The predicted molar refractivity (Wildman–Crippen MR) is 58.2 cm³/mol. The maximum atomic E-state index is 8.70. The van der Waals surface area contributed by atoms with Crippen molar-refractivity contribution in [3.05, 3.63) is 48.0 Å². The van der Waals surface area contributed by atoms with Gasteiger partial charge in [-0.05, 0) is 24.8 Å². The smallest absolute Gasteiger partial charge is 0.0465 e. The molecule has 1 aliphatic rings. The Morgan fingerprint density at radius 2 is 1.93 bits per heavy atom. The minimum Gasteiger partial charge on any atom is -0.396 e. The molecule has 0 aromatic heterocycles. The van der Waals surface area contributed by atoms with E-state index >= 15 is 0 Å². The fourth-order valence-electron chi connectivity index (χ4n) is 1.84. The largest absolute Gasteiger partial charge is 0.396 e. The van der Waals surface area contributed by atoms with Gasteiger partial charge in [-0.1, -0.05) is 42.5 Å². The number of aliphatic hydroxyl groups excluding tert-OH is 1. The molecule has 1 aliphatic carbocycles. The van der Waals surface area contributed by atoms with Crippen molar-refractivity contribution in [2.24, 2.45) is 0 Å². The van der Waals surface area contributed by atoms with Gasteiger partial charge in [0.1, 0.15) is 0 Å². The Kier molecular flexibility index (Phi) is 2.69. The molecule has 0 bridgehead atoms. The third kappa shape index (κ3) is 1.88. The Hall–Kier alpha value is -1.08. The molecule has 74 valence electrons. The van der Waals surface area contributed by atoms with E-state index in [1.54, 1.807) is 0 Å². The Morgan fingerprint density at radius 3 is 2.50 bits per heavy atom. The Balaban J connectivity index is 2.10. The fraction of sp³-hybridized carbons (Fsp3) is 0.385. The molecule has 0 radical (unpaired) electrons. The van der Waals surface area contributed by atoms with E-state index in [1.165, 1.54) is 18.4 Å². The van der Waals surface area contributed by atoms with Gasteiger partial charge in [0.25, 0.3) is 0 Å². The molecule has 0 unspecified atom stereocenters. The van der Waals surface area contributed by atoms with Crippen molar-refractivity contribution in [3.8, 4) is 0 Å². The quantitative estimate of drug-likeness (QED) is 0.720. The lowest BCUT2D eigenvalue weighted by Crippen LogP contribution is -2.01. The predicted octanol–water partition coefficient (Wildman–Crippen LogP) is 2.66. The SMILES string of the molecule is OCCC=CC1(c2ccccc2)CC1. The molecule has 0 amide bonds. The Labute approximate surface area is 85.1 Å². The second-order valence-electron chi connectivity index (χ2n) is 3.94. The van der Waals surface area contributed by atoms with Crippen LogP contribution >= 0.6 is 0 Å². The number of rotatable bonds is 4. The normalized spacial score (nSPS) is 18.6. The van der Waals surface area contributed by atoms with E-state index in [0.29, 0.717) is 5.41 Å². The average molecular weight is 188 g/mol. The lowest BCUT2D eigenvalue weighted by molar-refractivity contribution is 0.302. The summed E-state index contributed by atoms with van der Waals surface area (Å²) in [5, 5.41) is 8.70. The Morgan fingerprint density at radius 1 is 1.21 bits per heavy atom. The molecule has 1 aromatic carbocycles. The summed E-state index contributed by atoms with van der Waals surface area (Å²) in [5.41, 5.74) is 1.71. The van der Waals surface area contributed by atoms with Crippen molar-refractivity contribution >= 4 is 0 Å². The number of allylic oxidation sites excluding steroid dienone is 1. The van der Waals surface area contributed by atoms with E-state index in [9.17, 15) is 0 Å². The third-order valence-corrected chi connectivity index (χ3v) is 2.87. The number of hydrogen-bond acceptors (Lipinski definition) is 1. The van der Waals surface area contributed by atoms with Gasteiger partial charge < -0.3 is 5.11 Å². The lowest BCUT2D eigenvalue weighted by Gasteiger charge is -2.09. The summed E-state index contributed by atoms with van der Waals surface area (Å²) < 4.78 is 0. The molecule has 14 heavy (non-hydrogen) atoms. The van der Waals surface area contributed by atoms with Gasteiger partial charge in [0.05, 0.1) is 0 Å². The first-order chi connectivity index (χ1) is 6.87. The van der Waals surface area contributed by atoms with Gasteiger partial charge in [-0.15, -0.1) is 0 Å². The molecule has 2 rings (SSSR count). The van der Waals surface area contributed by atoms with Gasteiger partial charge in [0.15, 0.2) is 0 Å². The van der Waals surface area contributed by atoms with Gasteiger partial charge in [0, 0.05) is 12.0 Å². The highest BCUT2D eigenvalue weighted by molar-refractivity contribution is 5.36. The van der Waals surface area contributed by atoms with Crippen LogP contribution in [-0.4, -0.2) is 11.7 Å². The van der Waals surface area contributed by atoms with Crippen LogP contribution in [-0.2, 0) is 5.41 Å². The van der Waals surface area contributed by atoms with Crippen LogP contribution in [0.2, 0.25) is 0 Å². The molecule has 1 fully saturated rings. The van der Waals surface area contributed by atoms with Gasteiger partial charge in [0.2, 0.25) is 0 Å². The second kappa shape index (κ2) is 3.97. The highest BCUT2D eigenvalue weighted by atomic mass is 16.2. The third-order valence-electron chi connectivity index (χ3n) is 2.87. The lowest BCUT2D eigenvalue weighted by atomic mass is 9.95. The number of hydrogen-bond donors (Lipinski definition) is 1.